The van der Waals surface area contributed by atoms with Gasteiger partial charge < -0.3 is 9.47 Å². The van der Waals surface area contributed by atoms with Crippen molar-refractivity contribution in [1.82, 2.24) is 34.5 Å². The van der Waals surface area contributed by atoms with Crippen molar-refractivity contribution in [2.45, 2.75) is 19.9 Å². The summed E-state index contributed by atoms with van der Waals surface area (Å²) in [6.07, 6.45) is 2.50. The number of nitro groups is 1. The van der Waals surface area contributed by atoms with Gasteiger partial charge in [-0.25, -0.2) is 23.7 Å². The summed E-state index contributed by atoms with van der Waals surface area (Å²) in [5.74, 6) is -1.70. The maximum Gasteiger partial charge on any atom is 0.353 e. The van der Waals surface area contributed by atoms with E-state index in [0.29, 0.717) is 17.5 Å². The van der Waals surface area contributed by atoms with Crippen molar-refractivity contribution in [1.29, 1.82) is 0 Å². The highest BCUT2D eigenvalue weighted by atomic mass is 35.5. The highest BCUT2D eigenvalue weighted by molar-refractivity contribution is 6.34. The predicted octanol–water partition coefficient (Wildman–Crippen LogP) is 3.55. The fourth-order valence-electron chi connectivity index (χ4n) is 3.10. The number of methoxy groups -OCH3 is 1. The molecule has 0 atom stereocenters. The molecule has 0 aliphatic rings. The largest absolute Gasteiger partial charge is 0.479 e. The number of aromatic nitrogens is 7. The van der Waals surface area contributed by atoms with E-state index in [0.717, 1.165) is 16.9 Å². The number of halogens is 3. The van der Waals surface area contributed by atoms with Crippen LogP contribution in [-0.2, 0) is 6.54 Å². The van der Waals surface area contributed by atoms with Gasteiger partial charge in [-0.1, -0.05) is 11.6 Å². The number of hydrogen-bond acceptors (Lipinski definition) is 9. The normalized spacial score (nSPS) is 12.9. The van der Waals surface area contributed by atoms with Crippen molar-refractivity contribution in [3.63, 3.8) is 0 Å². The summed E-state index contributed by atoms with van der Waals surface area (Å²) in [6, 6.07) is 0.890. The minimum atomic E-state index is -2.90. The SMILES string of the molecule is [2H]C([2H])([2H])Oc1ncc(F)cc1-n1nc(OCCCn2nc(Cl)c3cnc(Cl)nc32)c([N+](=O)[O-])c1C. The molecule has 0 aromatic carbocycles. The van der Waals surface area contributed by atoms with Crippen LogP contribution in [0.5, 0.6) is 11.8 Å². The van der Waals surface area contributed by atoms with Crippen LogP contribution >= 0.6 is 23.2 Å². The zero-order chi connectivity index (χ0) is 26.2. The molecule has 12 nitrogen and oxygen atoms in total. The van der Waals surface area contributed by atoms with Gasteiger partial charge >= 0.3 is 11.6 Å². The molecule has 0 fully saturated rings. The van der Waals surface area contributed by atoms with Gasteiger partial charge in [0.25, 0.3) is 0 Å². The molecule has 0 bridgehead atoms. The van der Waals surface area contributed by atoms with Crippen LogP contribution in [0.25, 0.3) is 16.7 Å². The molecular formula is C18H15Cl2FN8O4. The summed E-state index contributed by atoms with van der Waals surface area (Å²) in [4.78, 5) is 22.6. The van der Waals surface area contributed by atoms with Crippen molar-refractivity contribution in [3.05, 3.63) is 50.5 Å². The molecule has 33 heavy (non-hydrogen) atoms. The molecule has 4 heterocycles. The van der Waals surface area contributed by atoms with Crippen molar-refractivity contribution in [3.8, 4) is 17.4 Å². The molecule has 4 aromatic rings. The highest BCUT2D eigenvalue weighted by Gasteiger charge is 2.29. The lowest BCUT2D eigenvalue weighted by molar-refractivity contribution is -0.386. The van der Waals surface area contributed by atoms with E-state index in [1.165, 1.54) is 17.8 Å². The Labute approximate surface area is 199 Å². The van der Waals surface area contributed by atoms with Gasteiger partial charge in [0.05, 0.1) is 34.3 Å². The molecule has 0 N–H and O–H groups in total. The van der Waals surface area contributed by atoms with Crippen LogP contribution in [0.15, 0.2) is 18.5 Å². The van der Waals surface area contributed by atoms with Gasteiger partial charge in [-0.2, -0.15) is 10.1 Å². The van der Waals surface area contributed by atoms with Crippen molar-refractivity contribution < 1.29 is 22.9 Å². The van der Waals surface area contributed by atoms with E-state index in [9.17, 15) is 14.5 Å². The predicted molar refractivity (Wildman–Crippen MR) is 115 cm³/mol. The number of hydrogen-bond donors (Lipinski definition) is 0. The lowest BCUT2D eigenvalue weighted by Gasteiger charge is -2.08. The van der Waals surface area contributed by atoms with Crippen molar-refractivity contribution >= 4 is 39.9 Å². The maximum atomic E-state index is 13.9. The first-order chi connectivity index (χ1) is 16.9. The molecule has 172 valence electrons. The third-order valence-electron chi connectivity index (χ3n) is 4.53. The molecule has 0 aliphatic heterocycles. The van der Waals surface area contributed by atoms with Crippen LogP contribution in [0, 0.1) is 22.9 Å². The quantitative estimate of drug-likeness (QED) is 0.154. The molecule has 15 heteroatoms. The summed E-state index contributed by atoms with van der Waals surface area (Å²) in [5, 5.41) is 20.6. The average Bonchev–Trinajstić information content (AvgIpc) is 3.27. The van der Waals surface area contributed by atoms with E-state index < -0.39 is 29.3 Å². The van der Waals surface area contributed by atoms with E-state index in [1.807, 2.05) is 0 Å². The Kier molecular flexibility index (Phi) is 5.23. The lowest BCUT2D eigenvalue weighted by atomic mass is 10.3. The smallest absolute Gasteiger partial charge is 0.353 e. The van der Waals surface area contributed by atoms with Crippen LogP contribution < -0.4 is 9.47 Å². The van der Waals surface area contributed by atoms with E-state index in [4.69, 9.17) is 36.8 Å². The van der Waals surface area contributed by atoms with Crippen LogP contribution in [0.1, 0.15) is 16.2 Å². The summed E-state index contributed by atoms with van der Waals surface area (Å²) >= 11 is 11.9. The van der Waals surface area contributed by atoms with Crippen molar-refractivity contribution in [2.24, 2.45) is 0 Å². The number of pyridine rings is 1. The average molecular weight is 500 g/mol. The molecule has 4 rings (SSSR count). The highest BCUT2D eigenvalue weighted by Crippen LogP contribution is 2.34. The minimum absolute atomic E-state index is 0.0156. The Morgan fingerprint density at radius 1 is 1.27 bits per heavy atom. The number of ether oxygens (including phenoxy) is 2. The van der Waals surface area contributed by atoms with Gasteiger partial charge in [-0.3, -0.25) is 10.1 Å². The summed E-state index contributed by atoms with van der Waals surface area (Å²) < 4.78 is 48.5. The first kappa shape index (κ1) is 18.9. The molecule has 0 amide bonds. The molecule has 4 aromatic heterocycles. The van der Waals surface area contributed by atoms with Gasteiger partial charge in [0.1, 0.15) is 17.2 Å². The maximum absolute atomic E-state index is 13.9. The molecule has 0 spiro atoms. The Balaban J connectivity index is 1.57. The first-order valence-corrected chi connectivity index (χ1v) is 9.96. The molecule has 0 saturated heterocycles. The topological polar surface area (TPSA) is 136 Å². The number of nitrogens with zero attached hydrogens (tertiary/aromatic N) is 8. The number of fused-ring (bicyclic) bond motifs is 1. The lowest BCUT2D eigenvalue weighted by Crippen LogP contribution is -2.08. The monoisotopic (exact) mass is 499 g/mol. The van der Waals surface area contributed by atoms with Gasteiger partial charge in [0.15, 0.2) is 10.8 Å². The molecular weight excluding hydrogens is 482 g/mol. The third-order valence-corrected chi connectivity index (χ3v) is 4.99. The standard InChI is InChI=1S/C18H15Cl2FN8O4/c1-9-13(29(30)31)17(26-28(9)12-6-10(21)7-22-16(12)32-2)33-5-3-4-27-15-11(14(19)25-27)8-23-18(20)24-15/h6-8H,3-5H2,1-2H3/i2D3. The first-order valence-electron chi connectivity index (χ1n) is 10.7. The van der Waals surface area contributed by atoms with Gasteiger partial charge in [0.2, 0.25) is 11.2 Å². The number of aryl methyl sites for hydroxylation is 1. The fourth-order valence-corrected chi connectivity index (χ4v) is 3.45. The Morgan fingerprint density at radius 2 is 2.09 bits per heavy atom. The minimum Gasteiger partial charge on any atom is -0.479 e. The van der Waals surface area contributed by atoms with E-state index in [-0.39, 0.29) is 40.8 Å². The van der Waals surface area contributed by atoms with Crippen LogP contribution in [0.4, 0.5) is 10.1 Å². The Hall–Kier alpha value is -3.58. The van der Waals surface area contributed by atoms with Crippen LogP contribution in [0.3, 0.4) is 0 Å². The zero-order valence-corrected chi connectivity index (χ0v) is 18.2. The van der Waals surface area contributed by atoms with E-state index in [2.05, 4.69) is 25.1 Å². The summed E-state index contributed by atoms with van der Waals surface area (Å²) in [5.41, 5.74) is -0.400. The van der Waals surface area contributed by atoms with Crippen LogP contribution in [-0.4, -0.2) is 53.1 Å². The molecule has 0 saturated carbocycles. The molecule has 0 aliphatic carbocycles. The second kappa shape index (κ2) is 9.11. The van der Waals surface area contributed by atoms with Gasteiger partial charge in [-0.15, -0.1) is 5.10 Å². The van der Waals surface area contributed by atoms with Crippen LogP contribution in [0.2, 0.25) is 10.4 Å². The van der Waals surface area contributed by atoms with Crippen molar-refractivity contribution in [2.75, 3.05) is 13.6 Å². The summed E-state index contributed by atoms with van der Waals surface area (Å²) in [6.45, 7) is 1.58. The van der Waals surface area contributed by atoms with Gasteiger partial charge in [0, 0.05) is 25.2 Å². The fraction of sp³-hybridized carbons (Fsp3) is 0.278. The molecule has 0 radical (unpaired) electrons. The third kappa shape index (κ3) is 4.36. The number of rotatable bonds is 8. The van der Waals surface area contributed by atoms with E-state index in [1.54, 1.807) is 0 Å². The van der Waals surface area contributed by atoms with E-state index >= 15 is 0 Å². The second-order valence-corrected chi connectivity index (χ2v) is 7.28. The zero-order valence-electron chi connectivity index (χ0n) is 19.7. The Bertz CT molecular complexity index is 1460. The molecule has 0 unspecified atom stereocenters. The second-order valence-electron chi connectivity index (χ2n) is 6.58. The van der Waals surface area contributed by atoms with Gasteiger partial charge in [-0.05, 0) is 18.5 Å². The Morgan fingerprint density at radius 3 is 2.85 bits per heavy atom. The summed E-state index contributed by atoms with van der Waals surface area (Å²) in [7, 11) is -2.90.